The van der Waals surface area contributed by atoms with Gasteiger partial charge in [-0.3, -0.25) is 0 Å². The molecule has 0 spiro atoms. The van der Waals surface area contributed by atoms with E-state index in [0.29, 0.717) is 11.6 Å². The van der Waals surface area contributed by atoms with E-state index in [0.717, 1.165) is 12.2 Å². The number of hydrogen-bond acceptors (Lipinski definition) is 3. The maximum absolute atomic E-state index is 8.73. The molecule has 0 aliphatic heterocycles. The minimum Gasteiger partial charge on any atom is -0.439 e. The zero-order valence-corrected chi connectivity index (χ0v) is 9.55. The molecule has 0 amide bonds. The zero-order chi connectivity index (χ0) is 12.1. The van der Waals surface area contributed by atoms with Crippen LogP contribution in [0.15, 0.2) is 42.5 Å². The lowest BCUT2D eigenvalue weighted by Gasteiger charge is -2.05. The molecule has 0 atom stereocenters. The Labute approximate surface area is 100 Å². The molecule has 2 aromatic rings. The van der Waals surface area contributed by atoms with Crippen molar-refractivity contribution in [2.24, 2.45) is 0 Å². The molecule has 2 rings (SSSR count). The van der Waals surface area contributed by atoms with Gasteiger partial charge in [0, 0.05) is 6.07 Å². The fourth-order valence-corrected chi connectivity index (χ4v) is 1.45. The lowest BCUT2D eigenvalue weighted by atomic mass is 10.2. The Morgan fingerprint density at radius 3 is 2.59 bits per heavy atom. The van der Waals surface area contributed by atoms with Crippen LogP contribution >= 0.6 is 0 Å². The van der Waals surface area contributed by atoms with E-state index in [1.54, 1.807) is 18.2 Å². The highest BCUT2D eigenvalue weighted by Gasteiger charge is 2.00. The fourth-order valence-electron chi connectivity index (χ4n) is 1.45. The first-order valence-corrected chi connectivity index (χ1v) is 5.46. The van der Waals surface area contributed by atoms with Gasteiger partial charge < -0.3 is 4.74 Å². The summed E-state index contributed by atoms with van der Waals surface area (Å²) in [5.74, 6) is 1.16. The number of hydrogen-bond donors (Lipinski definition) is 0. The number of aromatic nitrogens is 1. The summed E-state index contributed by atoms with van der Waals surface area (Å²) in [5.41, 5.74) is 1.61. The second-order valence-corrected chi connectivity index (χ2v) is 3.57. The highest BCUT2D eigenvalue weighted by Crippen LogP contribution is 2.19. The number of pyridine rings is 1. The van der Waals surface area contributed by atoms with Gasteiger partial charge in [-0.2, -0.15) is 5.26 Å². The highest BCUT2D eigenvalue weighted by molar-refractivity contribution is 5.32. The molecule has 0 aliphatic carbocycles. The van der Waals surface area contributed by atoms with Gasteiger partial charge >= 0.3 is 0 Å². The van der Waals surface area contributed by atoms with Crippen molar-refractivity contribution in [3.63, 3.8) is 0 Å². The molecule has 0 saturated carbocycles. The van der Waals surface area contributed by atoms with Crippen LogP contribution in [0, 0.1) is 11.3 Å². The smallest absolute Gasteiger partial charge is 0.220 e. The van der Waals surface area contributed by atoms with E-state index in [1.807, 2.05) is 30.3 Å². The molecule has 0 radical (unpaired) electrons. The molecule has 0 fully saturated rings. The maximum Gasteiger partial charge on any atom is 0.220 e. The van der Waals surface area contributed by atoms with Crippen LogP contribution in [-0.2, 0) is 6.42 Å². The minimum absolute atomic E-state index is 0.354. The molecule has 3 heteroatoms. The first kappa shape index (κ1) is 11.2. The van der Waals surface area contributed by atoms with E-state index in [1.165, 1.54) is 5.56 Å². The van der Waals surface area contributed by atoms with Crippen LogP contribution in [-0.4, -0.2) is 4.98 Å². The second-order valence-electron chi connectivity index (χ2n) is 3.57. The molecule has 1 aromatic carbocycles. The molecular formula is C14H12N2O. The van der Waals surface area contributed by atoms with Crippen molar-refractivity contribution < 1.29 is 4.74 Å². The van der Waals surface area contributed by atoms with Crippen LogP contribution in [0.3, 0.4) is 0 Å². The first-order valence-electron chi connectivity index (χ1n) is 5.46. The zero-order valence-electron chi connectivity index (χ0n) is 9.55. The van der Waals surface area contributed by atoms with Gasteiger partial charge in [-0.05, 0) is 30.2 Å². The molecule has 3 nitrogen and oxygen atoms in total. The Balaban J connectivity index is 2.16. The first-order chi connectivity index (χ1) is 8.31. The summed E-state index contributed by atoms with van der Waals surface area (Å²) in [6.07, 6.45) is 1.00. The Morgan fingerprint density at radius 2 is 1.94 bits per heavy atom. The molecule has 1 heterocycles. The van der Waals surface area contributed by atoms with Crippen molar-refractivity contribution in [1.82, 2.24) is 4.98 Å². The quantitative estimate of drug-likeness (QED) is 0.803. The largest absolute Gasteiger partial charge is 0.439 e. The molecule has 0 aliphatic rings. The van der Waals surface area contributed by atoms with Gasteiger partial charge in [0.1, 0.15) is 17.5 Å². The summed E-state index contributed by atoms with van der Waals surface area (Å²) in [7, 11) is 0. The third-order valence-corrected chi connectivity index (χ3v) is 2.39. The third kappa shape index (κ3) is 2.82. The maximum atomic E-state index is 8.73. The molecule has 0 N–H and O–H groups in total. The van der Waals surface area contributed by atoms with Gasteiger partial charge in [0.2, 0.25) is 5.88 Å². The van der Waals surface area contributed by atoms with Gasteiger partial charge in [-0.15, -0.1) is 0 Å². The van der Waals surface area contributed by atoms with Gasteiger partial charge in [-0.25, -0.2) is 4.98 Å². The van der Waals surface area contributed by atoms with Gasteiger partial charge in [0.25, 0.3) is 0 Å². The van der Waals surface area contributed by atoms with Crippen molar-refractivity contribution in [3.8, 4) is 17.7 Å². The molecular weight excluding hydrogens is 212 g/mol. The number of ether oxygens (including phenoxy) is 1. The van der Waals surface area contributed by atoms with E-state index in [4.69, 9.17) is 10.00 Å². The van der Waals surface area contributed by atoms with E-state index >= 15 is 0 Å². The van der Waals surface area contributed by atoms with Crippen molar-refractivity contribution in [2.45, 2.75) is 13.3 Å². The SMILES string of the molecule is CCc1ccc(Oc2cccc(C#N)n2)cc1. The summed E-state index contributed by atoms with van der Waals surface area (Å²) in [6.45, 7) is 2.10. The Kier molecular flexibility index (Phi) is 3.37. The average Bonchev–Trinajstić information content (AvgIpc) is 2.40. The number of nitrogens with zero attached hydrogens (tertiary/aromatic N) is 2. The van der Waals surface area contributed by atoms with Crippen molar-refractivity contribution in [1.29, 1.82) is 5.26 Å². The van der Waals surface area contributed by atoms with Crippen molar-refractivity contribution >= 4 is 0 Å². The summed E-state index contributed by atoms with van der Waals surface area (Å²) in [6, 6.07) is 14.9. The highest BCUT2D eigenvalue weighted by atomic mass is 16.5. The van der Waals surface area contributed by atoms with Crippen molar-refractivity contribution in [3.05, 3.63) is 53.7 Å². The van der Waals surface area contributed by atoms with Crippen molar-refractivity contribution in [2.75, 3.05) is 0 Å². The fraction of sp³-hybridized carbons (Fsp3) is 0.143. The van der Waals surface area contributed by atoms with E-state index in [-0.39, 0.29) is 0 Å². The Morgan fingerprint density at radius 1 is 1.18 bits per heavy atom. The van der Waals surface area contributed by atoms with Gasteiger partial charge in [-0.1, -0.05) is 25.1 Å². The topological polar surface area (TPSA) is 45.9 Å². The lowest BCUT2D eigenvalue weighted by Crippen LogP contribution is -1.90. The van der Waals surface area contributed by atoms with Crippen LogP contribution in [0.2, 0.25) is 0 Å². The second kappa shape index (κ2) is 5.13. The van der Waals surface area contributed by atoms with Crippen LogP contribution < -0.4 is 4.74 Å². The summed E-state index contributed by atoms with van der Waals surface area (Å²) >= 11 is 0. The molecule has 17 heavy (non-hydrogen) atoms. The van der Waals surface area contributed by atoms with Crippen LogP contribution in [0.25, 0.3) is 0 Å². The van der Waals surface area contributed by atoms with E-state index in [9.17, 15) is 0 Å². The normalized spacial score (nSPS) is 9.65. The van der Waals surface area contributed by atoms with Gasteiger partial charge in [0.15, 0.2) is 0 Å². The van der Waals surface area contributed by atoms with E-state index in [2.05, 4.69) is 11.9 Å². The predicted octanol–water partition coefficient (Wildman–Crippen LogP) is 3.31. The van der Waals surface area contributed by atoms with Crippen LogP contribution in [0.1, 0.15) is 18.2 Å². The number of benzene rings is 1. The number of rotatable bonds is 3. The summed E-state index contributed by atoms with van der Waals surface area (Å²) in [4.78, 5) is 4.05. The molecule has 1 aromatic heterocycles. The van der Waals surface area contributed by atoms with E-state index < -0.39 is 0 Å². The standard InChI is InChI=1S/C14H12N2O/c1-2-11-6-8-13(9-7-11)17-14-5-3-4-12(10-15)16-14/h3-9H,2H2,1H3. The third-order valence-electron chi connectivity index (χ3n) is 2.39. The van der Waals surface area contributed by atoms with Gasteiger partial charge in [0.05, 0.1) is 0 Å². The monoisotopic (exact) mass is 224 g/mol. The Hall–Kier alpha value is -2.34. The molecule has 84 valence electrons. The number of aryl methyl sites for hydroxylation is 1. The Bertz CT molecular complexity index is 541. The summed E-state index contributed by atoms with van der Waals surface area (Å²) in [5, 5.41) is 8.73. The lowest BCUT2D eigenvalue weighted by molar-refractivity contribution is 0.462. The molecule has 0 bridgehead atoms. The van der Waals surface area contributed by atoms with Crippen LogP contribution in [0.4, 0.5) is 0 Å². The molecule has 0 saturated heterocycles. The minimum atomic E-state index is 0.354. The predicted molar refractivity (Wildman–Crippen MR) is 64.8 cm³/mol. The average molecular weight is 224 g/mol. The van der Waals surface area contributed by atoms with Crippen LogP contribution in [0.5, 0.6) is 11.6 Å². The molecule has 0 unspecified atom stereocenters. The summed E-state index contributed by atoms with van der Waals surface area (Å²) < 4.78 is 5.56. The number of nitriles is 1.